The molecule has 2 heterocycles. The third-order valence-electron chi connectivity index (χ3n) is 4.62. The number of carbonyl (C=O) groups is 2. The highest BCUT2D eigenvalue weighted by Gasteiger charge is 2.24. The standard InChI is InChI=1S/C19H18N4O2/c1-12-7-8-15(14-6-4-3-5-13(12)14)18(24)20-17-11-16-19(25)22(2)9-10-23(16)21-17/h3-8,11H,9-10H2,1-2H3,(H,20,21,24). The van der Waals surface area contributed by atoms with Gasteiger partial charge >= 0.3 is 0 Å². The second kappa shape index (κ2) is 5.73. The first-order chi connectivity index (χ1) is 12.0. The molecular formula is C19H18N4O2. The summed E-state index contributed by atoms with van der Waals surface area (Å²) in [5.74, 6) is 0.0841. The van der Waals surface area contributed by atoms with Gasteiger partial charge in [-0.15, -0.1) is 0 Å². The fourth-order valence-electron chi connectivity index (χ4n) is 3.19. The van der Waals surface area contributed by atoms with Crippen LogP contribution in [0, 0.1) is 6.92 Å². The number of rotatable bonds is 2. The maximum Gasteiger partial charge on any atom is 0.272 e. The van der Waals surface area contributed by atoms with Crippen molar-refractivity contribution in [3.63, 3.8) is 0 Å². The molecule has 4 rings (SSSR count). The zero-order valence-electron chi connectivity index (χ0n) is 14.1. The predicted octanol–water partition coefficient (Wildman–Crippen LogP) is 2.68. The normalized spacial score (nSPS) is 13.8. The molecule has 2 amide bonds. The molecule has 0 atom stereocenters. The Morgan fingerprint density at radius 2 is 1.88 bits per heavy atom. The van der Waals surface area contributed by atoms with E-state index in [9.17, 15) is 9.59 Å². The van der Waals surface area contributed by atoms with Crippen LogP contribution in [0.1, 0.15) is 26.4 Å². The van der Waals surface area contributed by atoms with Gasteiger partial charge in [-0.25, -0.2) is 0 Å². The number of nitrogens with zero attached hydrogens (tertiary/aromatic N) is 3. The van der Waals surface area contributed by atoms with Crippen molar-refractivity contribution in [2.75, 3.05) is 18.9 Å². The molecule has 3 aromatic rings. The predicted molar refractivity (Wildman–Crippen MR) is 95.8 cm³/mol. The Hall–Kier alpha value is -3.15. The fourth-order valence-corrected chi connectivity index (χ4v) is 3.19. The number of hydrogen-bond donors (Lipinski definition) is 1. The molecule has 1 aliphatic heterocycles. The second-order valence-corrected chi connectivity index (χ2v) is 6.29. The number of aryl methyl sites for hydroxylation is 1. The van der Waals surface area contributed by atoms with Crippen LogP contribution in [0.3, 0.4) is 0 Å². The van der Waals surface area contributed by atoms with Crippen LogP contribution in [0.5, 0.6) is 0 Å². The largest absolute Gasteiger partial charge is 0.339 e. The number of amides is 2. The van der Waals surface area contributed by atoms with Gasteiger partial charge in [0.15, 0.2) is 5.82 Å². The van der Waals surface area contributed by atoms with E-state index in [2.05, 4.69) is 10.4 Å². The van der Waals surface area contributed by atoms with E-state index in [-0.39, 0.29) is 11.8 Å². The Labute approximate surface area is 145 Å². The van der Waals surface area contributed by atoms with E-state index in [1.165, 1.54) is 0 Å². The topological polar surface area (TPSA) is 67.2 Å². The van der Waals surface area contributed by atoms with Crippen LogP contribution in [0.2, 0.25) is 0 Å². The molecule has 126 valence electrons. The summed E-state index contributed by atoms with van der Waals surface area (Å²) < 4.78 is 1.64. The summed E-state index contributed by atoms with van der Waals surface area (Å²) in [7, 11) is 1.76. The van der Waals surface area contributed by atoms with Gasteiger partial charge in [0.25, 0.3) is 11.8 Å². The smallest absolute Gasteiger partial charge is 0.272 e. The first-order valence-corrected chi connectivity index (χ1v) is 8.17. The van der Waals surface area contributed by atoms with Crippen molar-refractivity contribution in [1.82, 2.24) is 14.7 Å². The van der Waals surface area contributed by atoms with E-state index in [0.29, 0.717) is 30.2 Å². The molecule has 2 aromatic carbocycles. The molecule has 0 fully saturated rings. The van der Waals surface area contributed by atoms with Crippen molar-refractivity contribution in [2.45, 2.75) is 13.5 Å². The molecule has 1 N–H and O–H groups in total. The highest BCUT2D eigenvalue weighted by Crippen LogP contribution is 2.23. The monoisotopic (exact) mass is 334 g/mol. The maximum atomic E-state index is 12.7. The van der Waals surface area contributed by atoms with E-state index in [1.807, 2.05) is 43.3 Å². The van der Waals surface area contributed by atoms with E-state index >= 15 is 0 Å². The highest BCUT2D eigenvalue weighted by molar-refractivity contribution is 6.13. The zero-order valence-corrected chi connectivity index (χ0v) is 14.1. The molecule has 1 aromatic heterocycles. The Morgan fingerprint density at radius 1 is 1.12 bits per heavy atom. The summed E-state index contributed by atoms with van der Waals surface area (Å²) in [4.78, 5) is 26.5. The number of hydrogen-bond acceptors (Lipinski definition) is 3. The lowest BCUT2D eigenvalue weighted by Crippen LogP contribution is -2.37. The van der Waals surface area contributed by atoms with Crippen LogP contribution < -0.4 is 5.32 Å². The molecule has 0 radical (unpaired) electrons. The Morgan fingerprint density at radius 3 is 2.68 bits per heavy atom. The number of fused-ring (bicyclic) bond motifs is 2. The van der Waals surface area contributed by atoms with Gasteiger partial charge in [0, 0.05) is 25.2 Å². The number of carbonyl (C=O) groups excluding carboxylic acids is 2. The molecule has 0 aliphatic carbocycles. The number of likely N-dealkylation sites (N-methyl/N-ethyl adjacent to an activating group) is 1. The number of nitrogens with one attached hydrogen (secondary N) is 1. The summed E-state index contributed by atoms with van der Waals surface area (Å²) >= 11 is 0. The van der Waals surface area contributed by atoms with Gasteiger partial charge in [-0.2, -0.15) is 5.10 Å². The van der Waals surface area contributed by atoms with Crippen molar-refractivity contribution in [3.05, 3.63) is 59.3 Å². The van der Waals surface area contributed by atoms with Gasteiger partial charge in [0.2, 0.25) is 0 Å². The summed E-state index contributed by atoms with van der Waals surface area (Å²) in [5.41, 5.74) is 2.21. The van der Waals surface area contributed by atoms with Crippen LogP contribution in [0.25, 0.3) is 10.8 Å². The van der Waals surface area contributed by atoms with Crippen molar-refractivity contribution < 1.29 is 9.59 Å². The Balaban J connectivity index is 1.67. The SMILES string of the molecule is Cc1ccc(C(=O)Nc2cc3n(n2)CCN(C)C3=O)c2ccccc12. The summed E-state index contributed by atoms with van der Waals surface area (Å²) in [6, 6.07) is 13.2. The third-order valence-corrected chi connectivity index (χ3v) is 4.62. The fraction of sp³-hybridized carbons (Fsp3) is 0.211. The number of benzene rings is 2. The maximum absolute atomic E-state index is 12.7. The molecular weight excluding hydrogens is 316 g/mol. The molecule has 0 bridgehead atoms. The molecule has 0 spiro atoms. The van der Waals surface area contributed by atoms with E-state index in [4.69, 9.17) is 0 Å². The third kappa shape index (κ3) is 2.55. The van der Waals surface area contributed by atoms with Crippen LogP contribution in [0.15, 0.2) is 42.5 Å². The summed E-state index contributed by atoms with van der Waals surface area (Å²) in [5, 5.41) is 9.11. The van der Waals surface area contributed by atoms with Gasteiger partial charge in [0.05, 0.1) is 6.54 Å². The van der Waals surface area contributed by atoms with Crippen LogP contribution in [-0.4, -0.2) is 40.1 Å². The first-order valence-electron chi connectivity index (χ1n) is 8.17. The number of aromatic nitrogens is 2. The minimum absolute atomic E-state index is 0.0833. The quantitative estimate of drug-likeness (QED) is 0.783. The van der Waals surface area contributed by atoms with E-state index in [0.717, 1.165) is 16.3 Å². The summed E-state index contributed by atoms with van der Waals surface area (Å²) in [6.07, 6.45) is 0. The zero-order chi connectivity index (χ0) is 17.6. The average molecular weight is 334 g/mol. The molecule has 0 unspecified atom stereocenters. The van der Waals surface area contributed by atoms with Gasteiger partial charge in [0.1, 0.15) is 5.69 Å². The molecule has 6 nitrogen and oxygen atoms in total. The highest BCUT2D eigenvalue weighted by atomic mass is 16.2. The molecule has 0 saturated carbocycles. The van der Waals surface area contributed by atoms with Crippen molar-refractivity contribution in [1.29, 1.82) is 0 Å². The molecule has 6 heteroatoms. The van der Waals surface area contributed by atoms with Gasteiger partial charge < -0.3 is 10.2 Å². The van der Waals surface area contributed by atoms with Crippen molar-refractivity contribution in [2.24, 2.45) is 0 Å². The molecule has 0 saturated heterocycles. The lowest BCUT2D eigenvalue weighted by molar-refractivity contribution is 0.0742. The first kappa shape index (κ1) is 15.4. The Bertz CT molecular complexity index is 1010. The minimum Gasteiger partial charge on any atom is -0.339 e. The van der Waals surface area contributed by atoms with Crippen LogP contribution >= 0.6 is 0 Å². The van der Waals surface area contributed by atoms with Gasteiger partial charge in [-0.1, -0.05) is 30.3 Å². The van der Waals surface area contributed by atoms with Crippen molar-refractivity contribution >= 4 is 28.4 Å². The minimum atomic E-state index is -0.229. The van der Waals surface area contributed by atoms with E-state index < -0.39 is 0 Å². The number of anilines is 1. The van der Waals surface area contributed by atoms with Gasteiger partial charge in [-0.05, 0) is 29.3 Å². The van der Waals surface area contributed by atoms with Crippen molar-refractivity contribution in [3.8, 4) is 0 Å². The molecule has 1 aliphatic rings. The average Bonchev–Trinajstić information content (AvgIpc) is 3.02. The molecule has 25 heavy (non-hydrogen) atoms. The lowest BCUT2D eigenvalue weighted by atomic mass is 10.00. The van der Waals surface area contributed by atoms with Crippen LogP contribution in [0.4, 0.5) is 5.82 Å². The lowest BCUT2D eigenvalue weighted by Gasteiger charge is -2.22. The van der Waals surface area contributed by atoms with Crippen LogP contribution in [-0.2, 0) is 6.54 Å². The Kier molecular flexibility index (Phi) is 3.53. The second-order valence-electron chi connectivity index (χ2n) is 6.29. The summed E-state index contributed by atoms with van der Waals surface area (Å²) in [6.45, 7) is 3.26. The van der Waals surface area contributed by atoms with E-state index in [1.54, 1.807) is 22.7 Å². The van der Waals surface area contributed by atoms with Gasteiger partial charge in [-0.3, -0.25) is 14.3 Å².